The highest BCUT2D eigenvalue weighted by molar-refractivity contribution is 6.33. The Hall–Kier alpha value is -3.70. The molecule has 4 N–H and O–H groups in total. The molecule has 2 fully saturated rings. The van der Waals surface area contributed by atoms with E-state index in [-0.39, 0.29) is 18.9 Å². The Morgan fingerprint density at radius 1 is 1.26 bits per heavy atom. The number of aliphatic hydroxyl groups excluding tert-OH is 1. The Bertz CT molecular complexity index is 1370. The van der Waals surface area contributed by atoms with Crippen LogP contribution in [0.5, 0.6) is 0 Å². The van der Waals surface area contributed by atoms with E-state index in [1.165, 1.54) is 19.0 Å². The normalized spacial score (nSPS) is 20.1. The van der Waals surface area contributed by atoms with Gasteiger partial charge in [0, 0.05) is 43.0 Å². The molecular weight excluding hydrogens is 458 g/mol. The molecule has 2 atom stereocenters. The highest BCUT2D eigenvalue weighted by Gasteiger charge is 2.38. The van der Waals surface area contributed by atoms with Gasteiger partial charge in [0.15, 0.2) is 5.82 Å². The number of aromatic nitrogens is 6. The summed E-state index contributed by atoms with van der Waals surface area (Å²) >= 11 is 6.17. The lowest BCUT2D eigenvalue weighted by atomic mass is 10.2. The lowest BCUT2D eigenvalue weighted by molar-refractivity contribution is -0.117. The topological polar surface area (TPSA) is 136 Å². The third kappa shape index (κ3) is 3.93. The van der Waals surface area contributed by atoms with Crippen LogP contribution < -0.4 is 15.5 Å². The highest BCUT2D eigenvalue weighted by Crippen LogP contribution is 2.39. The van der Waals surface area contributed by atoms with Gasteiger partial charge in [-0.2, -0.15) is 15.1 Å². The molecule has 0 aromatic carbocycles. The number of nitrogens with zero attached hydrogens (tertiary/aromatic N) is 6. The van der Waals surface area contributed by atoms with Crippen LogP contribution in [-0.4, -0.2) is 59.3 Å². The average molecular weight is 480 g/mol. The van der Waals surface area contributed by atoms with E-state index in [1.54, 1.807) is 17.2 Å². The first-order valence-corrected chi connectivity index (χ1v) is 11.5. The molecule has 1 saturated heterocycles. The van der Waals surface area contributed by atoms with Gasteiger partial charge in [0.1, 0.15) is 11.7 Å². The summed E-state index contributed by atoms with van der Waals surface area (Å²) in [7, 11) is 0. The fourth-order valence-corrected chi connectivity index (χ4v) is 4.37. The number of aromatic amines is 1. The van der Waals surface area contributed by atoms with E-state index in [4.69, 9.17) is 16.6 Å². The van der Waals surface area contributed by atoms with E-state index in [1.807, 2.05) is 28.8 Å². The zero-order chi connectivity index (χ0) is 23.2. The van der Waals surface area contributed by atoms with Crippen molar-refractivity contribution in [1.29, 1.82) is 0 Å². The standard InChI is InChI=1S/C22H22ClN9O2/c23-14-5-6-24-10-16(14)25-20(34)17-8-13(33)11-32(17)22-27-19-2-1-7-31(19)21(28-22)26-18-9-15(29-30-18)12-3-4-12/h1-2,5-7,9-10,12-13,17,33H,3-4,8,11H2,(H,25,34)(H2,26,27,28,29,30)/t13-,17-/m0/s1. The molecule has 12 heteroatoms. The monoisotopic (exact) mass is 479 g/mol. The first-order valence-electron chi connectivity index (χ1n) is 11.1. The summed E-state index contributed by atoms with van der Waals surface area (Å²) in [4.78, 5) is 28.2. The minimum Gasteiger partial charge on any atom is -0.391 e. The molecule has 1 aliphatic heterocycles. The molecule has 0 spiro atoms. The van der Waals surface area contributed by atoms with Gasteiger partial charge in [-0.1, -0.05) is 11.6 Å². The molecule has 4 aromatic rings. The number of rotatable bonds is 6. The Morgan fingerprint density at radius 3 is 2.97 bits per heavy atom. The molecule has 1 saturated carbocycles. The maximum absolute atomic E-state index is 13.1. The quantitative estimate of drug-likeness (QED) is 0.331. The Balaban J connectivity index is 1.30. The first kappa shape index (κ1) is 20.9. The van der Waals surface area contributed by atoms with Crippen molar-refractivity contribution in [2.75, 3.05) is 22.1 Å². The number of halogens is 1. The van der Waals surface area contributed by atoms with E-state index in [9.17, 15) is 9.90 Å². The van der Waals surface area contributed by atoms with Gasteiger partial charge in [0.05, 0.1) is 23.0 Å². The van der Waals surface area contributed by atoms with Crippen LogP contribution in [-0.2, 0) is 4.79 Å². The molecule has 1 amide bonds. The van der Waals surface area contributed by atoms with Crippen LogP contribution in [0.2, 0.25) is 5.02 Å². The van der Waals surface area contributed by atoms with Gasteiger partial charge in [-0.15, -0.1) is 0 Å². The van der Waals surface area contributed by atoms with Gasteiger partial charge in [-0.25, -0.2) is 0 Å². The van der Waals surface area contributed by atoms with E-state index in [0.717, 1.165) is 5.69 Å². The van der Waals surface area contributed by atoms with E-state index < -0.39 is 12.1 Å². The molecule has 11 nitrogen and oxygen atoms in total. The summed E-state index contributed by atoms with van der Waals surface area (Å²) in [5.41, 5.74) is 2.17. The molecule has 34 heavy (non-hydrogen) atoms. The summed E-state index contributed by atoms with van der Waals surface area (Å²) in [5.74, 6) is 1.73. The van der Waals surface area contributed by atoms with Crippen LogP contribution in [0, 0.1) is 0 Å². The van der Waals surface area contributed by atoms with E-state index in [2.05, 4.69) is 30.8 Å². The second kappa shape index (κ2) is 8.26. The van der Waals surface area contributed by atoms with Crippen molar-refractivity contribution in [3.63, 3.8) is 0 Å². The molecule has 0 radical (unpaired) electrons. The predicted octanol–water partition coefficient (Wildman–Crippen LogP) is 2.70. The summed E-state index contributed by atoms with van der Waals surface area (Å²) < 4.78 is 1.81. The predicted molar refractivity (Wildman–Crippen MR) is 126 cm³/mol. The maximum Gasteiger partial charge on any atom is 0.247 e. The average Bonchev–Trinajstić information content (AvgIpc) is 3.19. The van der Waals surface area contributed by atoms with Gasteiger partial charge in [-0.3, -0.25) is 19.3 Å². The van der Waals surface area contributed by atoms with Crippen LogP contribution in [0.1, 0.15) is 30.9 Å². The van der Waals surface area contributed by atoms with Crippen molar-refractivity contribution in [1.82, 2.24) is 29.5 Å². The number of H-pyrrole nitrogens is 1. The molecular formula is C22H22ClN9O2. The summed E-state index contributed by atoms with van der Waals surface area (Å²) in [6, 6.07) is 6.63. The van der Waals surface area contributed by atoms with Crippen LogP contribution >= 0.6 is 11.6 Å². The number of nitrogens with one attached hydrogen (secondary N) is 3. The largest absolute Gasteiger partial charge is 0.391 e. The minimum absolute atomic E-state index is 0.226. The second-order valence-electron chi connectivity index (χ2n) is 8.59. The maximum atomic E-state index is 13.1. The molecule has 6 rings (SSSR count). The van der Waals surface area contributed by atoms with Crippen molar-refractivity contribution in [3.05, 3.63) is 53.6 Å². The summed E-state index contributed by atoms with van der Waals surface area (Å²) in [6.07, 6.45) is 6.77. The van der Waals surface area contributed by atoms with Crippen molar-refractivity contribution in [2.24, 2.45) is 0 Å². The van der Waals surface area contributed by atoms with Crippen LogP contribution in [0.3, 0.4) is 0 Å². The third-order valence-electron chi connectivity index (χ3n) is 6.09. The van der Waals surface area contributed by atoms with E-state index in [0.29, 0.717) is 40.0 Å². The summed E-state index contributed by atoms with van der Waals surface area (Å²) in [5, 5.41) is 24.3. The lowest BCUT2D eigenvalue weighted by Gasteiger charge is -2.24. The van der Waals surface area contributed by atoms with Crippen LogP contribution in [0.4, 0.5) is 23.4 Å². The first-order chi connectivity index (χ1) is 16.5. The number of pyridine rings is 1. The van der Waals surface area contributed by atoms with Crippen LogP contribution in [0.15, 0.2) is 42.9 Å². The number of anilines is 4. The molecule has 0 bridgehead atoms. The Labute approximate surface area is 199 Å². The Morgan fingerprint density at radius 2 is 2.15 bits per heavy atom. The molecule has 174 valence electrons. The number of carbonyl (C=O) groups excluding carboxylic acids is 1. The number of β-amino-alcohol motifs (C(OH)–C–C–N with tert-alkyl or cyclic N) is 1. The van der Waals surface area contributed by atoms with Gasteiger partial charge in [0.2, 0.25) is 17.8 Å². The fraction of sp³-hybridized carbons (Fsp3) is 0.318. The number of aliphatic hydroxyl groups is 1. The van der Waals surface area contributed by atoms with Gasteiger partial charge in [0.25, 0.3) is 0 Å². The van der Waals surface area contributed by atoms with Crippen molar-refractivity contribution in [2.45, 2.75) is 37.3 Å². The summed E-state index contributed by atoms with van der Waals surface area (Å²) in [6.45, 7) is 0.226. The number of hydrogen-bond donors (Lipinski definition) is 4. The molecule has 0 unspecified atom stereocenters. The Kier molecular flexibility index (Phi) is 5.07. The molecule has 5 heterocycles. The van der Waals surface area contributed by atoms with Crippen molar-refractivity contribution in [3.8, 4) is 0 Å². The van der Waals surface area contributed by atoms with Gasteiger partial charge >= 0.3 is 0 Å². The zero-order valence-electron chi connectivity index (χ0n) is 18.0. The molecule has 1 aliphatic carbocycles. The van der Waals surface area contributed by atoms with Crippen LogP contribution in [0.25, 0.3) is 5.65 Å². The second-order valence-corrected chi connectivity index (χ2v) is 9.00. The molecule has 2 aliphatic rings. The lowest BCUT2D eigenvalue weighted by Crippen LogP contribution is -2.40. The number of fused-ring (bicyclic) bond motifs is 1. The SMILES string of the molecule is O=C(Nc1cnccc1Cl)[C@@H]1C[C@H](O)CN1c1nc(Nc2cc(C3CC3)[nH]n2)n2cccc2n1. The number of carbonyl (C=O) groups is 1. The fourth-order valence-electron chi connectivity index (χ4n) is 4.22. The smallest absolute Gasteiger partial charge is 0.247 e. The van der Waals surface area contributed by atoms with Gasteiger partial charge in [-0.05, 0) is 31.0 Å². The number of amides is 1. The minimum atomic E-state index is -0.699. The third-order valence-corrected chi connectivity index (χ3v) is 6.42. The highest BCUT2D eigenvalue weighted by atomic mass is 35.5. The number of hydrogen-bond acceptors (Lipinski definition) is 8. The van der Waals surface area contributed by atoms with Crippen molar-refractivity contribution >= 4 is 46.6 Å². The van der Waals surface area contributed by atoms with Crippen molar-refractivity contribution < 1.29 is 9.90 Å². The molecule has 4 aromatic heterocycles. The van der Waals surface area contributed by atoms with Gasteiger partial charge < -0.3 is 20.6 Å². The van der Waals surface area contributed by atoms with E-state index >= 15 is 0 Å². The zero-order valence-corrected chi connectivity index (χ0v) is 18.8.